The van der Waals surface area contributed by atoms with Crippen LogP contribution in [0, 0.1) is 6.92 Å². The fourth-order valence-corrected chi connectivity index (χ4v) is 1.61. The third-order valence-corrected chi connectivity index (χ3v) is 2.73. The second-order valence-electron chi connectivity index (χ2n) is 4.10. The van der Waals surface area contributed by atoms with E-state index in [1.807, 2.05) is 13.0 Å². The zero-order valence-electron chi connectivity index (χ0n) is 10.4. The van der Waals surface area contributed by atoms with Crippen molar-refractivity contribution in [2.75, 3.05) is 11.1 Å². The SMILES string of the molecule is Cc1cnccc1CNc1nc(C(=O)O)ccc1N. The minimum Gasteiger partial charge on any atom is -0.477 e. The molecule has 6 heteroatoms. The Labute approximate surface area is 110 Å². The molecule has 2 heterocycles. The van der Waals surface area contributed by atoms with E-state index in [4.69, 9.17) is 10.8 Å². The molecule has 4 N–H and O–H groups in total. The number of aromatic nitrogens is 2. The molecule has 0 aliphatic carbocycles. The maximum absolute atomic E-state index is 10.9. The highest BCUT2D eigenvalue weighted by atomic mass is 16.4. The average Bonchev–Trinajstić information content (AvgIpc) is 2.39. The number of aryl methyl sites for hydroxylation is 1. The predicted octanol–water partition coefficient (Wildman–Crippen LogP) is 1.68. The summed E-state index contributed by atoms with van der Waals surface area (Å²) in [7, 11) is 0. The molecule has 0 unspecified atom stereocenters. The number of nitrogens with two attached hydrogens (primary N) is 1. The Morgan fingerprint density at radius 3 is 2.89 bits per heavy atom. The first-order valence-corrected chi connectivity index (χ1v) is 5.71. The van der Waals surface area contributed by atoms with Crippen molar-refractivity contribution >= 4 is 17.5 Å². The summed E-state index contributed by atoms with van der Waals surface area (Å²) < 4.78 is 0. The van der Waals surface area contributed by atoms with Crippen LogP contribution < -0.4 is 11.1 Å². The summed E-state index contributed by atoms with van der Waals surface area (Å²) in [6, 6.07) is 4.79. The number of pyridine rings is 2. The van der Waals surface area contributed by atoms with Crippen molar-refractivity contribution < 1.29 is 9.90 Å². The number of nitrogens with zero attached hydrogens (tertiary/aromatic N) is 2. The van der Waals surface area contributed by atoms with Gasteiger partial charge in [-0.25, -0.2) is 9.78 Å². The lowest BCUT2D eigenvalue weighted by Crippen LogP contribution is -2.09. The van der Waals surface area contributed by atoms with Crippen molar-refractivity contribution in [2.24, 2.45) is 0 Å². The second kappa shape index (κ2) is 5.34. The van der Waals surface area contributed by atoms with Crippen LogP contribution in [0.15, 0.2) is 30.6 Å². The average molecular weight is 258 g/mol. The Kier molecular flexibility index (Phi) is 3.61. The van der Waals surface area contributed by atoms with Crippen LogP contribution in [0.3, 0.4) is 0 Å². The van der Waals surface area contributed by atoms with Gasteiger partial charge in [-0.05, 0) is 36.2 Å². The summed E-state index contributed by atoms with van der Waals surface area (Å²) in [5.41, 5.74) is 8.23. The smallest absolute Gasteiger partial charge is 0.354 e. The largest absolute Gasteiger partial charge is 0.477 e. The van der Waals surface area contributed by atoms with E-state index in [1.165, 1.54) is 12.1 Å². The number of carbonyl (C=O) groups is 1. The molecule has 0 spiro atoms. The van der Waals surface area contributed by atoms with Crippen molar-refractivity contribution in [3.05, 3.63) is 47.4 Å². The number of nitrogen functional groups attached to an aromatic ring is 1. The lowest BCUT2D eigenvalue weighted by atomic mass is 10.1. The van der Waals surface area contributed by atoms with Crippen molar-refractivity contribution in [3.63, 3.8) is 0 Å². The fraction of sp³-hybridized carbons (Fsp3) is 0.154. The molecule has 0 aliphatic heterocycles. The molecule has 6 nitrogen and oxygen atoms in total. The van der Waals surface area contributed by atoms with Crippen LogP contribution in [-0.4, -0.2) is 21.0 Å². The molecule has 0 radical (unpaired) electrons. The minimum absolute atomic E-state index is 0.0387. The van der Waals surface area contributed by atoms with Gasteiger partial charge in [0.05, 0.1) is 5.69 Å². The Bertz CT molecular complexity index is 613. The zero-order valence-corrected chi connectivity index (χ0v) is 10.4. The summed E-state index contributed by atoms with van der Waals surface area (Å²) in [5.74, 6) is -0.709. The number of hydrogen-bond acceptors (Lipinski definition) is 5. The molecule has 0 saturated heterocycles. The van der Waals surface area contributed by atoms with E-state index in [0.717, 1.165) is 11.1 Å². The van der Waals surface area contributed by atoms with E-state index >= 15 is 0 Å². The molecular formula is C13H14N4O2. The minimum atomic E-state index is -1.08. The van der Waals surface area contributed by atoms with E-state index in [0.29, 0.717) is 18.1 Å². The van der Waals surface area contributed by atoms with E-state index in [-0.39, 0.29) is 5.69 Å². The monoisotopic (exact) mass is 258 g/mol. The summed E-state index contributed by atoms with van der Waals surface area (Å²) >= 11 is 0. The number of carboxylic acid groups (broad SMARTS) is 1. The Hall–Kier alpha value is -2.63. The summed E-state index contributed by atoms with van der Waals surface area (Å²) in [5, 5.41) is 11.9. The van der Waals surface area contributed by atoms with Gasteiger partial charge in [-0.1, -0.05) is 0 Å². The summed E-state index contributed by atoms with van der Waals surface area (Å²) in [4.78, 5) is 18.8. The molecule has 0 amide bonds. The molecule has 2 aromatic rings. The lowest BCUT2D eigenvalue weighted by molar-refractivity contribution is 0.0690. The molecule has 0 aromatic carbocycles. The first kappa shape index (κ1) is 12.8. The van der Waals surface area contributed by atoms with Gasteiger partial charge in [0.1, 0.15) is 5.82 Å². The highest BCUT2D eigenvalue weighted by molar-refractivity contribution is 5.86. The highest BCUT2D eigenvalue weighted by Crippen LogP contribution is 2.17. The van der Waals surface area contributed by atoms with Gasteiger partial charge in [0.25, 0.3) is 0 Å². The molecule has 0 aliphatic rings. The van der Waals surface area contributed by atoms with Gasteiger partial charge in [0.2, 0.25) is 0 Å². The predicted molar refractivity (Wildman–Crippen MR) is 71.9 cm³/mol. The number of rotatable bonds is 4. The van der Waals surface area contributed by atoms with E-state index in [2.05, 4.69) is 15.3 Å². The van der Waals surface area contributed by atoms with Crippen LogP contribution >= 0.6 is 0 Å². The van der Waals surface area contributed by atoms with Crippen LogP contribution in [0.5, 0.6) is 0 Å². The van der Waals surface area contributed by atoms with E-state index in [9.17, 15) is 4.79 Å². The molecule has 0 bridgehead atoms. The number of aromatic carboxylic acids is 1. The van der Waals surface area contributed by atoms with Gasteiger partial charge >= 0.3 is 5.97 Å². The Morgan fingerprint density at radius 2 is 2.21 bits per heavy atom. The fourth-order valence-electron chi connectivity index (χ4n) is 1.61. The molecule has 0 atom stereocenters. The quantitative estimate of drug-likeness (QED) is 0.771. The van der Waals surface area contributed by atoms with Crippen molar-refractivity contribution in [1.29, 1.82) is 0 Å². The number of hydrogen-bond donors (Lipinski definition) is 3. The van der Waals surface area contributed by atoms with Crippen LogP contribution in [0.1, 0.15) is 21.6 Å². The Balaban J connectivity index is 2.17. The molecule has 2 rings (SSSR count). The lowest BCUT2D eigenvalue weighted by Gasteiger charge is -2.10. The first-order valence-electron chi connectivity index (χ1n) is 5.71. The van der Waals surface area contributed by atoms with Gasteiger partial charge < -0.3 is 16.2 Å². The summed E-state index contributed by atoms with van der Waals surface area (Å²) in [6.07, 6.45) is 3.47. The molecule has 0 saturated carbocycles. The van der Waals surface area contributed by atoms with Gasteiger partial charge in [-0.2, -0.15) is 0 Å². The van der Waals surface area contributed by atoms with Gasteiger partial charge in [0, 0.05) is 18.9 Å². The topological polar surface area (TPSA) is 101 Å². The molecule has 98 valence electrons. The van der Waals surface area contributed by atoms with Crippen molar-refractivity contribution in [3.8, 4) is 0 Å². The Morgan fingerprint density at radius 1 is 1.42 bits per heavy atom. The number of anilines is 2. The molecule has 2 aromatic heterocycles. The third-order valence-electron chi connectivity index (χ3n) is 2.73. The maximum Gasteiger partial charge on any atom is 0.354 e. The van der Waals surface area contributed by atoms with E-state index in [1.54, 1.807) is 12.4 Å². The molecule has 19 heavy (non-hydrogen) atoms. The third kappa shape index (κ3) is 2.98. The number of carboxylic acids is 1. The standard InChI is InChI=1S/C13H14N4O2/c1-8-6-15-5-4-9(8)7-16-12-10(14)2-3-11(17-12)13(18)19/h2-6H,7,14H2,1H3,(H,16,17)(H,18,19). The van der Waals surface area contributed by atoms with Gasteiger partial charge in [-0.15, -0.1) is 0 Å². The second-order valence-corrected chi connectivity index (χ2v) is 4.10. The molecular weight excluding hydrogens is 244 g/mol. The summed E-state index contributed by atoms with van der Waals surface area (Å²) in [6.45, 7) is 2.46. The van der Waals surface area contributed by atoms with Crippen LogP contribution in [0.25, 0.3) is 0 Å². The van der Waals surface area contributed by atoms with Gasteiger partial charge in [-0.3, -0.25) is 4.98 Å². The van der Waals surface area contributed by atoms with E-state index < -0.39 is 5.97 Å². The first-order chi connectivity index (χ1) is 9.08. The highest BCUT2D eigenvalue weighted by Gasteiger charge is 2.08. The van der Waals surface area contributed by atoms with Crippen LogP contribution in [-0.2, 0) is 6.54 Å². The maximum atomic E-state index is 10.9. The normalized spacial score (nSPS) is 10.2. The molecule has 0 fully saturated rings. The van der Waals surface area contributed by atoms with Crippen molar-refractivity contribution in [2.45, 2.75) is 13.5 Å². The zero-order chi connectivity index (χ0) is 13.8. The van der Waals surface area contributed by atoms with Crippen LogP contribution in [0.2, 0.25) is 0 Å². The van der Waals surface area contributed by atoms with Gasteiger partial charge in [0.15, 0.2) is 5.69 Å². The van der Waals surface area contributed by atoms with Crippen LogP contribution in [0.4, 0.5) is 11.5 Å². The van der Waals surface area contributed by atoms with Crippen molar-refractivity contribution in [1.82, 2.24) is 9.97 Å². The number of nitrogens with one attached hydrogen (secondary N) is 1.